The second kappa shape index (κ2) is 9.91. The van der Waals surface area contributed by atoms with Crippen molar-refractivity contribution in [1.29, 1.82) is 0 Å². The number of carbonyl (C=O) groups excluding carboxylic acids is 2. The third-order valence-corrected chi connectivity index (χ3v) is 5.53. The van der Waals surface area contributed by atoms with Crippen LogP contribution in [0, 0.1) is 5.92 Å². The van der Waals surface area contributed by atoms with E-state index in [0.717, 1.165) is 32.0 Å². The number of amides is 2. The lowest BCUT2D eigenvalue weighted by molar-refractivity contribution is -0.118. The van der Waals surface area contributed by atoms with Gasteiger partial charge in [0.15, 0.2) is 0 Å². The fourth-order valence-corrected chi connectivity index (χ4v) is 3.52. The van der Waals surface area contributed by atoms with Crippen LogP contribution in [-0.2, 0) is 4.79 Å². The molecule has 2 heterocycles. The van der Waals surface area contributed by atoms with Crippen molar-refractivity contribution in [3.63, 3.8) is 0 Å². The molecule has 8 heteroatoms. The van der Waals surface area contributed by atoms with Gasteiger partial charge in [-0.25, -0.2) is 4.98 Å². The SMILES string of the molecule is CC(C)[C@@H](NC(=O)c1ccccc1Cl)C(=O)Nc1ccc(N2CCN(C)CC2)nc1. The first kappa shape index (κ1) is 22.1. The van der Waals surface area contributed by atoms with E-state index >= 15 is 0 Å². The lowest BCUT2D eigenvalue weighted by Crippen LogP contribution is -2.47. The summed E-state index contributed by atoms with van der Waals surface area (Å²) in [6.07, 6.45) is 1.65. The molecule has 7 nitrogen and oxygen atoms in total. The lowest BCUT2D eigenvalue weighted by Gasteiger charge is -2.33. The topological polar surface area (TPSA) is 77.6 Å². The first-order valence-electron chi connectivity index (χ1n) is 10.1. The molecule has 2 amide bonds. The van der Waals surface area contributed by atoms with Crippen LogP contribution in [0.5, 0.6) is 0 Å². The number of rotatable bonds is 6. The average Bonchev–Trinajstić information content (AvgIpc) is 2.73. The quantitative estimate of drug-likeness (QED) is 0.738. The maximum atomic E-state index is 12.8. The Bertz CT molecular complexity index is 879. The Labute approximate surface area is 182 Å². The summed E-state index contributed by atoms with van der Waals surface area (Å²) in [7, 11) is 2.11. The first-order valence-corrected chi connectivity index (χ1v) is 10.5. The summed E-state index contributed by atoms with van der Waals surface area (Å²) < 4.78 is 0. The summed E-state index contributed by atoms with van der Waals surface area (Å²) in [5.74, 6) is 0.125. The molecule has 0 spiro atoms. The number of anilines is 2. The van der Waals surface area contributed by atoms with Crippen LogP contribution >= 0.6 is 11.6 Å². The Morgan fingerprint density at radius 2 is 1.77 bits per heavy atom. The molecule has 30 heavy (non-hydrogen) atoms. The second-order valence-electron chi connectivity index (χ2n) is 7.86. The minimum Gasteiger partial charge on any atom is -0.354 e. The number of halogens is 1. The molecule has 0 bridgehead atoms. The highest BCUT2D eigenvalue weighted by atomic mass is 35.5. The van der Waals surface area contributed by atoms with Crippen LogP contribution in [0.15, 0.2) is 42.6 Å². The van der Waals surface area contributed by atoms with E-state index in [-0.39, 0.29) is 17.7 Å². The fraction of sp³-hybridized carbons (Fsp3) is 0.409. The highest BCUT2D eigenvalue weighted by Gasteiger charge is 2.25. The summed E-state index contributed by atoms with van der Waals surface area (Å²) in [6.45, 7) is 7.62. The molecule has 1 aromatic carbocycles. The summed E-state index contributed by atoms with van der Waals surface area (Å²) in [4.78, 5) is 34.4. The minimum atomic E-state index is -0.703. The van der Waals surface area contributed by atoms with Gasteiger partial charge in [-0.2, -0.15) is 0 Å². The fourth-order valence-electron chi connectivity index (χ4n) is 3.30. The zero-order valence-electron chi connectivity index (χ0n) is 17.6. The van der Waals surface area contributed by atoms with Crippen LogP contribution in [-0.4, -0.2) is 61.0 Å². The van der Waals surface area contributed by atoms with E-state index in [4.69, 9.17) is 11.6 Å². The molecule has 0 aliphatic carbocycles. The van der Waals surface area contributed by atoms with Crippen molar-refractivity contribution >= 4 is 34.9 Å². The summed E-state index contributed by atoms with van der Waals surface area (Å²) in [6, 6.07) is 9.82. The van der Waals surface area contributed by atoms with Gasteiger partial charge in [0.05, 0.1) is 22.5 Å². The van der Waals surface area contributed by atoms with Crippen molar-refractivity contribution in [3.05, 3.63) is 53.2 Å². The zero-order valence-corrected chi connectivity index (χ0v) is 18.3. The van der Waals surface area contributed by atoms with E-state index in [1.807, 2.05) is 26.0 Å². The van der Waals surface area contributed by atoms with Crippen molar-refractivity contribution in [2.24, 2.45) is 5.92 Å². The standard InChI is InChI=1S/C22H28ClN5O2/c1-15(2)20(26-21(29)17-6-4-5-7-18(17)23)22(30)25-16-8-9-19(24-14-16)28-12-10-27(3)11-13-28/h4-9,14-15,20H,10-13H2,1-3H3,(H,25,30)(H,26,29)/t20-/m1/s1. The molecule has 1 aliphatic heterocycles. The molecule has 2 aromatic rings. The number of carbonyl (C=O) groups is 2. The predicted molar refractivity (Wildman–Crippen MR) is 120 cm³/mol. The van der Waals surface area contributed by atoms with Crippen LogP contribution in [0.3, 0.4) is 0 Å². The van der Waals surface area contributed by atoms with Gasteiger partial charge in [-0.3, -0.25) is 9.59 Å². The molecule has 160 valence electrons. The molecule has 0 radical (unpaired) electrons. The first-order chi connectivity index (χ1) is 14.3. The Kier molecular flexibility index (Phi) is 7.29. The number of piperazine rings is 1. The zero-order chi connectivity index (χ0) is 21.7. The van der Waals surface area contributed by atoms with Crippen molar-refractivity contribution in [2.75, 3.05) is 43.4 Å². The number of nitrogens with zero attached hydrogens (tertiary/aromatic N) is 3. The normalized spacial score (nSPS) is 15.7. The van der Waals surface area contributed by atoms with E-state index < -0.39 is 6.04 Å². The van der Waals surface area contributed by atoms with Gasteiger partial charge >= 0.3 is 0 Å². The van der Waals surface area contributed by atoms with Crippen molar-refractivity contribution in [3.8, 4) is 0 Å². The maximum absolute atomic E-state index is 12.8. The Hall–Kier alpha value is -2.64. The highest BCUT2D eigenvalue weighted by Crippen LogP contribution is 2.18. The van der Waals surface area contributed by atoms with Crippen LogP contribution in [0.25, 0.3) is 0 Å². The highest BCUT2D eigenvalue weighted by molar-refractivity contribution is 6.33. The number of hydrogen-bond acceptors (Lipinski definition) is 5. The number of nitrogens with one attached hydrogen (secondary N) is 2. The van der Waals surface area contributed by atoms with Gasteiger partial charge < -0.3 is 20.4 Å². The minimum absolute atomic E-state index is 0.103. The summed E-state index contributed by atoms with van der Waals surface area (Å²) in [5.41, 5.74) is 0.936. The van der Waals surface area contributed by atoms with E-state index in [9.17, 15) is 9.59 Å². The Morgan fingerprint density at radius 3 is 2.37 bits per heavy atom. The number of pyridine rings is 1. The number of likely N-dealkylation sites (N-methyl/N-ethyl adjacent to an activating group) is 1. The van der Waals surface area contributed by atoms with Gasteiger partial charge in [-0.15, -0.1) is 0 Å². The summed E-state index contributed by atoms with van der Waals surface area (Å²) >= 11 is 6.10. The van der Waals surface area contributed by atoms with Gasteiger partial charge in [-0.05, 0) is 37.2 Å². The molecular weight excluding hydrogens is 402 g/mol. The van der Waals surface area contributed by atoms with Gasteiger partial charge in [0.1, 0.15) is 11.9 Å². The van der Waals surface area contributed by atoms with Crippen LogP contribution in [0.4, 0.5) is 11.5 Å². The van der Waals surface area contributed by atoms with E-state index in [1.165, 1.54) is 0 Å². The second-order valence-corrected chi connectivity index (χ2v) is 8.27. The molecule has 1 atom stereocenters. The van der Waals surface area contributed by atoms with Gasteiger partial charge in [0.25, 0.3) is 5.91 Å². The van der Waals surface area contributed by atoms with Crippen LogP contribution < -0.4 is 15.5 Å². The van der Waals surface area contributed by atoms with Crippen LogP contribution in [0.1, 0.15) is 24.2 Å². The molecule has 1 fully saturated rings. The monoisotopic (exact) mass is 429 g/mol. The van der Waals surface area contributed by atoms with Gasteiger partial charge in [0, 0.05) is 26.2 Å². The van der Waals surface area contributed by atoms with Crippen LogP contribution in [0.2, 0.25) is 5.02 Å². The molecule has 0 saturated carbocycles. The molecule has 3 rings (SSSR count). The summed E-state index contributed by atoms with van der Waals surface area (Å²) in [5, 5.41) is 6.00. The third kappa shape index (κ3) is 5.49. The number of benzene rings is 1. The van der Waals surface area contributed by atoms with Crippen molar-refractivity contribution in [1.82, 2.24) is 15.2 Å². The van der Waals surface area contributed by atoms with E-state index in [2.05, 4.69) is 32.5 Å². The smallest absolute Gasteiger partial charge is 0.253 e. The third-order valence-electron chi connectivity index (χ3n) is 5.20. The van der Waals surface area contributed by atoms with E-state index in [0.29, 0.717) is 16.3 Å². The molecule has 2 N–H and O–H groups in total. The largest absolute Gasteiger partial charge is 0.354 e. The Morgan fingerprint density at radius 1 is 1.07 bits per heavy atom. The molecule has 0 unspecified atom stereocenters. The Balaban J connectivity index is 1.63. The van der Waals surface area contributed by atoms with Crippen molar-refractivity contribution in [2.45, 2.75) is 19.9 Å². The number of aromatic nitrogens is 1. The molecule has 1 aromatic heterocycles. The predicted octanol–water partition coefficient (Wildman–Crippen LogP) is 2.88. The lowest BCUT2D eigenvalue weighted by atomic mass is 10.0. The average molecular weight is 430 g/mol. The maximum Gasteiger partial charge on any atom is 0.253 e. The molecule has 1 aliphatic rings. The number of hydrogen-bond donors (Lipinski definition) is 2. The van der Waals surface area contributed by atoms with Crippen molar-refractivity contribution < 1.29 is 9.59 Å². The molecule has 1 saturated heterocycles. The van der Waals surface area contributed by atoms with E-state index in [1.54, 1.807) is 30.5 Å². The van der Waals surface area contributed by atoms with Gasteiger partial charge in [0.2, 0.25) is 5.91 Å². The molecular formula is C22H28ClN5O2. The van der Waals surface area contributed by atoms with Gasteiger partial charge in [-0.1, -0.05) is 37.6 Å².